The molecule has 4 atom stereocenters. The molecule has 3 aromatic rings. The summed E-state index contributed by atoms with van der Waals surface area (Å²) in [6, 6.07) is 6.65. The van der Waals surface area contributed by atoms with E-state index in [1.54, 1.807) is 35.2 Å². The first-order valence-electron chi connectivity index (χ1n) is 15.6. The number of ether oxygens (including phenoxy) is 1. The average molecular weight is 655 g/mol. The number of anilines is 1. The van der Waals surface area contributed by atoms with Crippen LogP contribution in [0.3, 0.4) is 0 Å². The molecule has 6 rings (SSSR count). The molecule has 0 aliphatic carbocycles. The minimum absolute atomic E-state index is 0.0323. The van der Waals surface area contributed by atoms with Crippen molar-refractivity contribution in [2.24, 2.45) is 0 Å². The highest BCUT2D eigenvalue weighted by molar-refractivity contribution is 6.84. The number of hydrogen-bond donors (Lipinski definition) is 1. The van der Waals surface area contributed by atoms with Crippen LogP contribution in [-0.4, -0.2) is 78.4 Å². The van der Waals surface area contributed by atoms with Crippen molar-refractivity contribution in [1.82, 2.24) is 24.6 Å². The van der Waals surface area contributed by atoms with Crippen molar-refractivity contribution < 1.29 is 32.1 Å². The lowest BCUT2D eigenvalue weighted by Gasteiger charge is -2.51. The number of amides is 2. The van der Waals surface area contributed by atoms with Gasteiger partial charge in [-0.2, -0.15) is 0 Å². The average Bonchev–Trinajstić information content (AvgIpc) is 3.62. The quantitative estimate of drug-likeness (QED) is 0.275. The number of imidazole rings is 1. The molecule has 1 aromatic carbocycles. The Morgan fingerprint density at radius 1 is 0.889 bits per heavy atom. The Morgan fingerprint density at radius 3 is 2.07 bits per heavy atom. The van der Waals surface area contributed by atoms with Crippen LogP contribution in [0, 0.1) is 0 Å². The van der Waals surface area contributed by atoms with Gasteiger partial charge in [-0.3, -0.25) is 19.0 Å². The number of rotatable bonds is 7. The molecule has 2 saturated heterocycles. The number of carbonyl (C=O) groups excluding carboxylic acids is 2. The van der Waals surface area contributed by atoms with Crippen molar-refractivity contribution in [3.63, 3.8) is 0 Å². The van der Waals surface area contributed by atoms with Gasteiger partial charge in [-0.1, -0.05) is 67.5 Å². The van der Waals surface area contributed by atoms with Crippen molar-refractivity contribution in [2.45, 2.75) is 102 Å². The maximum absolute atomic E-state index is 13.5. The zero-order valence-electron chi connectivity index (χ0n) is 27.0. The van der Waals surface area contributed by atoms with Gasteiger partial charge in [0.15, 0.2) is 23.8 Å². The molecule has 2 aromatic heterocycles. The molecule has 2 N–H and O–H groups in total. The van der Waals surface area contributed by atoms with Gasteiger partial charge >= 0.3 is 17.1 Å². The van der Waals surface area contributed by atoms with Crippen LogP contribution in [-0.2, 0) is 22.5 Å². The van der Waals surface area contributed by atoms with Gasteiger partial charge in [-0.05, 0) is 34.3 Å². The molecule has 0 spiro atoms. The molecule has 0 radical (unpaired) electrons. The van der Waals surface area contributed by atoms with Gasteiger partial charge in [0.2, 0.25) is 0 Å². The van der Waals surface area contributed by atoms with Crippen molar-refractivity contribution in [3.05, 3.63) is 48.0 Å². The van der Waals surface area contributed by atoms with E-state index in [2.05, 4.69) is 70.3 Å². The third-order valence-electron chi connectivity index (χ3n) is 9.26. The summed E-state index contributed by atoms with van der Waals surface area (Å²) < 4.78 is 30.0. The summed E-state index contributed by atoms with van der Waals surface area (Å²) in [6.07, 6.45) is -0.391. The number of hydrogen-bond acceptors (Lipinski definition) is 11. The number of fused-ring (bicyclic) bond motifs is 3. The number of nitrogens with zero attached hydrogens (tertiary/aromatic N) is 5. The number of nitrogens with two attached hydrogens (primary N) is 1. The minimum atomic E-state index is -3.12. The zero-order valence-corrected chi connectivity index (χ0v) is 29.0. The van der Waals surface area contributed by atoms with Gasteiger partial charge in [0.1, 0.15) is 24.1 Å². The van der Waals surface area contributed by atoms with Gasteiger partial charge in [0.05, 0.1) is 24.1 Å². The Balaban J connectivity index is 1.48. The predicted molar refractivity (Wildman–Crippen MR) is 169 cm³/mol. The van der Waals surface area contributed by atoms with Crippen molar-refractivity contribution in [3.8, 4) is 0 Å². The molecule has 13 nitrogen and oxygen atoms in total. The summed E-state index contributed by atoms with van der Waals surface area (Å²) in [5.41, 5.74) is 7.81. The first kappa shape index (κ1) is 31.9. The fourth-order valence-corrected chi connectivity index (χ4v) is 18.1. The lowest BCUT2D eigenvalue weighted by Crippen LogP contribution is -2.66. The lowest BCUT2D eigenvalue weighted by atomic mass is 10.1. The van der Waals surface area contributed by atoms with Gasteiger partial charge in [0, 0.05) is 0 Å². The maximum Gasteiger partial charge on any atom is 0.335 e. The molecule has 3 aliphatic heterocycles. The molecule has 2 fully saturated rings. The Hall–Kier alpha value is -3.06. The second kappa shape index (κ2) is 11.6. The second-order valence-corrected chi connectivity index (χ2v) is 22.1. The summed E-state index contributed by atoms with van der Waals surface area (Å²) in [4.78, 5) is 46.4. The number of carbonyl (C=O) groups is 2. The van der Waals surface area contributed by atoms with Crippen molar-refractivity contribution in [1.29, 1.82) is 0 Å². The van der Waals surface area contributed by atoms with Crippen LogP contribution >= 0.6 is 0 Å². The SMILES string of the molecule is CC(C)[Si]1(C(C)C)OC[C@H]2O[C@@H](n3cnc4c(N)ncnc43)[C@H](ON3C(=O)c4ccccc4C3=O)[C@@H]2O[Si](C(C)C)(C(C)C)O1. The van der Waals surface area contributed by atoms with E-state index < -0.39 is 53.5 Å². The predicted octanol–water partition coefficient (Wildman–Crippen LogP) is 4.86. The second-order valence-electron chi connectivity index (χ2n) is 13.2. The fourth-order valence-electron chi connectivity index (χ4n) is 6.90. The topological polar surface area (TPSA) is 153 Å². The molecule has 15 heteroatoms. The standard InChI is InChI=1S/C30H42N6O7Si2/c1-16(2)44(17(3)4)39-13-22-24(42-45(43-44,18(5)6)19(7)8)25(41-36-28(37)20-11-9-10-12-21(20)29(36)38)30(40-22)35-15-34-23-26(31)32-14-33-27(23)35/h9-12,14-19,22,24-25,30H,13H2,1-8H3,(H2,31,32,33)/t22-,24-,25-,30-/m1/s1. The number of nitrogen functional groups attached to an aromatic ring is 1. The molecule has 3 aliphatic rings. The van der Waals surface area contributed by atoms with Crippen LogP contribution in [0.4, 0.5) is 5.82 Å². The molecule has 2 amide bonds. The van der Waals surface area contributed by atoms with E-state index in [1.165, 1.54) is 6.33 Å². The van der Waals surface area contributed by atoms with Crippen LogP contribution in [0.25, 0.3) is 11.2 Å². The van der Waals surface area contributed by atoms with Crippen LogP contribution in [0.15, 0.2) is 36.9 Å². The van der Waals surface area contributed by atoms with E-state index in [9.17, 15) is 9.59 Å². The molecule has 5 heterocycles. The summed E-state index contributed by atoms with van der Waals surface area (Å²) in [6.45, 7) is 17.3. The highest BCUT2D eigenvalue weighted by atomic mass is 28.5. The highest BCUT2D eigenvalue weighted by Crippen LogP contribution is 2.49. The monoisotopic (exact) mass is 654 g/mol. The smallest absolute Gasteiger partial charge is 0.335 e. The van der Waals surface area contributed by atoms with E-state index in [4.69, 9.17) is 28.3 Å². The third-order valence-corrected chi connectivity index (χ3v) is 19.5. The van der Waals surface area contributed by atoms with Gasteiger partial charge in [-0.15, -0.1) is 5.06 Å². The summed E-state index contributed by atoms with van der Waals surface area (Å²) in [5.74, 6) is -0.898. The minimum Gasteiger partial charge on any atom is -0.414 e. The molecule has 45 heavy (non-hydrogen) atoms. The Morgan fingerprint density at radius 2 is 1.49 bits per heavy atom. The Kier molecular flexibility index (Phi) is 8.25. The van der Waals surface area contributed by atoms with Crippen LogP contribution in [0.1, 0.15) is 82.3 Å². The Labute approximate surface area is 264 Å². The molecule has 0 bridgehead atoms. The molecule has 0 unspecified atom stereocenters. The third kappa shape index (κ3) is 4.96. The van der Waals surface area contributed by atoms with Gasteiger partial charge < -0.3 is 23.4 Å². The summed E-state index contributed by atoms with van der Waals surface area (Å²) in [5, 5.41) is 0.815. The van der Waals surface area contributed by atoms with E-state index in [-0.39, 0.29) is 45.7 Å². The maximum atomic E-state index is 13.5. The van der Waals surface area contributed by atoms with Gasteiger partial charge in [-0.25, -0.2) is 15.0 Å². The van der Waals surface area contributed by atoms with Gasteiger partial charge in [0.25, 0.3) is 11.8 Å². The molecular weight excluding hydrogens is 613 g/mol. The summed E-state index contributed by atoms with van der Waals surface area (Å²) >= 11 is 0. The first-order valence-corrected chi connectivity index (χ1v) is 19.5. The van der Waals surface area contributed by atoms with E-state index >= 15 is 0 Å². The van der Waals surface area contributed by atoms with Crippen LogP contribution in [0.5, 0.6) is 0 Å². The van der Waals surface area contributed by atoms with Crippen molar-refractivity contribution >= 4 is 45.9 Å². The molecule has 242 valence electrons. The fraction of sp³-hybridized carbons (Fsp3) is 0.567. The van der Waals surface area contributed by atoms with Crippen LogP contribution in [0.2, 0.25) is 22.2 Å². The first-order chi connectivity index (χ1) is 21.3. The summed E-state index contributed by atoms with van der Waals surface area (Å²) in [7, 11) is -5.98. The van der Waals surface area contributed by atoms with E-state index in [1.807, 2.05) is 0 Å². The molecule has 0 saturated carbocycles. The Bertz CT molecular complexity index is 1560. The van der Waals surface area contributed by atoms with E-state index in [0.717, 1.165) is 5.06 Å². The zero-order chi connectivity index (χ0) is 32.4. The lowest BCUT2D eigenvalue weighted by molar-refractivity contribution is -0.177. The van der Waals surface area contributed by atoms with Crippen molar-refractivity contribution in [2.75, 3.05) is 12.3 Å². The number of hydroxylamine groups is 2. The number of benzene rings is 1. The van der Waals surface area contributed by atoms with E-state index in [0.29, 0.717) is 11.2 Å². The normalized spacial score (nSPS) is 26.3. The number of aromatic nitrogens is 4. The van der Waals surface area contributed by atoms with Crippen LogP contribution < -0.4 is 5.73 Å². The molecular formula is C30H42N6O7Si2. The number of imide groups is 1. The highest BCUT2D eigenvalue weighted by Gasteiger charge is 2.63. The largest absolute Gasteiger partial charge is 0.414 e.